The number of carboxylic acids is 2. The van der Waals surface area contributed by atoms with Crippen molar-refractivity contribution in [3.63, 3.8) is 0 Å². The quantitative estimate of drug-likeness (QED) is 0.189. The van der Waals surface area contributed by atoms with Crippen molar-refractivity contribution in [2.45, 2.75) is 90.8 Å². The van der Waals surface area contributed by atoms with E-state index in [1.165, 1.54) is 0 Å². The van der Waals surface area contributed by atoms with Gasteiger partial charge in [-0.05, 0) is 68.9 Å². The van der Waals surface area contributed by atoms with Crippen molar-refractivity contribution >= 4 is 29.8 Å². The van der Waals surface area contributed by atoms with Gasteiger partial charge in [0.05, 0.1) is 12.1 Å². The number of hydrogen-bond acceptors (Lipinski definition) is 6. The van der Waals surface area contributed by atoms with E-state index in [1.54, 1.807) is 6.08 Å². The molecule has 3 aliphatic rings. The molecule has 3 aliphatic heterocycles. The number of carbonyl (C=O) groups is 4. The minimum Gasteiger partial charge on any atom is -0.481 e. The second kappa shape index (κ2) is 12.9. The van der Waals surface area contributed by atoms with Gasteiger partial charge in [-0.15, -0.1) is 0 Å². The largest absolute Gasteiger partial charge is 0.481 e. The van der Waals surface area contributed by atoms with Gasteiger partial charge < -0.3 is 36.9 Å². The summed E-state index contributed by atoms with van der Waals surface area (Å²) in [5, 5.41) is 28.5. The molecule has 4 heterocycles. The van der Waals surface area contributed by atoms with Crippen molar-refractivity contribution in [2.75, 3.05) is 0 Å². The molecule has 6 atom stereocenters. The van der Waals surface area contributed by atoms with Crippen molar-refractivity contribution in [1.29, 1.82) is 0 Å². The highest BCUT2D eigenvalue weighted by atomic mass is 16.4. The molecule has 2 unspecified atom stereocenters. The van der Waals surface area contributed by atoms with E-state index in [0.717, 1.165) is 45.9 Å². The van der Waals surface area contributed by atoms with Gasteiger partial charge in [-0.3, -0.25) is 19.2 Å². The van der Waals surface area contributed by atoms with E-state index in [-0.39, 0.29) is 60.9 Å². The summed E-state index contributed by atoms with van der Waals surface area (Å²) in [5.41, 5.74) is 12.4. The molecule has 4 rings (SSSR count). The van der Waals surface area contributed by atoms with E-state index < -0.39 is 17.5 Å². The lowest BCUT2D eigenvalue weighted by molar-refractivity contribution is -0.138. The smallest absolute Gasteiger partial charge is 0.303 e. The molecule has 0 aliphatic carbocycles. The summed E-state index contributed by atoms with van der Waals surface area (Å²) >= 11 is 0. The van der Waals surface area contributed by atoms with E-state index in [9.17, 15) is 29.4 Å². The number of hydrogen-bond donors (Lipinski definition) is 7. The number of aliphatic carboxylic acids is 2. The van der Waals surface area contributed by atoms with Gasteiger partial charge in [0.2, 0.25) is 5.91 Å². The summed E-state index contributed by atoms with van der Waals surface area (Å²) in [5.74, 6) is -2.51. The Morgan fingerprint density at radius 2 is 1.77 bits per heavy atom. The fraction of sp³-hybridized carbons (Fsp3) is 0.515. The van der Waals surface area contributed by atoms with Gasteiger partial charge in [-0.2, -0.15) is 0 Å². The first kappa shape index (κ1) is 32.8. The molecule has 0 aromatic carbocycles. The summed E-state index contributed by atoms with van der Waals surface area (Å²) in [7, 11) is 0. The molecule has 0 saturated carbocycles. The second-order valence-electron chi connectivity index (χ2n) is 12.5. The summed E-state index contributed by atoms with van der Waals surface area (Å²) in [6.45, 7) is 13.4. The molecule has 1 aromatic rings. The monoisotopic (exact) mass is 607 g/mol. The van der Waals surface area contributed by atoms with Crippen LogP contribution >= 0.6 is 0 Å². The first-order valence-corrected chi connectivity index (χ1v) is 15.3. The van der Waals surface area contributed by atoms with Gasteiger partial charge in [0, 0.05) is 70.9 Å². The molecule has 0 bridgehead atoms. The van der Waals surface area contributed by atoms with Crippen molar-refractivity contribution in [3.8, 4) is 0 Å². The molecule has 11 nitrogen and oxygen atoms in total. The molecule has 1 aromatic heterocycles. The maximum atomic E-state index is 12.5. The molecule has 44 heavy (non-hydrogen) atoms. The highest BCUT2D eigenvalue weighted by Crippen LogP contribution is 2.40. The molecule has 8 N–H and O–H groups in total. The van der Waals surface area contributed by atoms with Crippen LogP contribution in [0.2, 0.25) is 0 Å². The highest BCUT2D eigenvalue weighted by molar-refractivity contribution is 6.00. The van der Waals surface area contributed by atoms with Gasteiger partial charge in [0.25, 0.3) is 5.91 Å². The lowest BCUT2D eigenvalue weighted by Gasteiger charge is -2.30. The Bertz CT molecular complexity index is 1460. The van der Waals surface area contributed by atoms with E-state index in [0.29, 0.717) is 18.4 Å². The van der Waals surface area contributed by atoms with Crippen molar-refractivity contribution in [1.82, 2.24) is 20.9 Å². The van der Waals surface area contributed by atoms with Crippen LogP contribution in [0.15, 0.2) is 41.3 Å². The zero-order valence-electron chi connectivity index (χ0n) is 26.2. The normalized spacial score (nSPS) is 30.2. The van der Waals surface area contributed by atoms with Crippen LogP contribution in [0.1, 0.15) is 75.9 Å². The number of rotatable bonds is 12. The third-order valence-corrected chi connectivity index (χ3v) is 9.75. The number of carbonyl (C=O) groups excluding carboxylic acids is 2. The lowest BCUT2D eigenvalue weighted by Crippen LogP contribution is -2.51. The predicted molar refractivity (Wildman–Crippen MR) is 167 cm³/mol. The van der Waals surface area contributed by atoms with Gasteiger partial charge in [0.1, 0.15) is 0 Å². The molecular formula is C33H45N5O6. The van der Waals surface area contributed by atoms with Gasteiger partial charge in [-0.25, -0.2) is 0 Å². The van der Waals surface area contributed by atoms with Crippen LogP contribution in [-0.2, 0) is 32.0 Å². The maximum Gasteiger partial charge on any atom is 0.303 e. The number of amides is 2. The number of H-pyrrole nitrogens is 1. The Kier molecular flexibility index (Phi) is 9.58. The average Bonchev–Trinajstić information content (AvgIpc) is 3.56. The molecule has 0 radical (unpaired) electrons. The Labute approximate surface area is 258 Å². The van der Waals surface area contributed by atoms with Crippen LogP contribution in [0.4, 0.5) is 0 Å². The Morgan fingerprint density at radius 1 is 1.09 bits per heavy atom. The summed E-state index contributed by atoms with van der Waals surface area (Å²) in [6.07, 6.45) is 7.15. The van der Waals surface area contributed by atoms with Crippen LogP contribution < -0.4 is 21.7 Å². The topological polar surface area (TPSA) is 187 Å². The molecule has 0 spiro atoms. The van der Waals surface area contributed by atoms with Crippen LogP contribution in [0.5, 0.6) is 0 Å². The number of nitrogens with two attached hydrogens (primary N) is 1. The predicted octanol–water partition coefficient (Wildman–Crippen LogP) is 3.07. The SMILES string of the molecule is C=CC1=C(C)[C@@H](Cc2[nH]c(/C=C3\NC(/C=C4\NC(=O)[C@H](C)[C@H]4CC)[C@](C)(N)C3CCC(=O)O)c(CCC(=O)O)c2C)NC1=O. The average molecular weight is 608 g/mol. The van der Waals surface area contributed by atoms with E-state index in [1.807, 2.05) is 46.8 Å². The Hall–Kier alpha value is -4.12. The maximum absolute atomic E-state index is 12.5. The third kappa shape index (κ3) is 6.38. The molecule has 238 valence electrons. The minimum atomic E-state index is -0.925. The molecule has 2 amide bonds. The molecular weight excluding hydrogens is 562 g/mol. The number of aromatic nitrogens is 1. The lowest BCUT2D eigenvalue weighted by atomic mass is 9.79. The van der Waals surface area contributed by atoms with E-state index in [2.05, 4.69) is 27.5 Å². The minimum absolute atomic E-state index is 0.0285. The fourth-order valence-corrected chi connectivity index (χ4v) is 6.93. The van der Waals surface area contributed by atoms with Crippen LogP contribution in [0.3, 0.4) is 0 Å². The van der Waals surface area contributed by atoms with Gasteiger partial charge in [0.15, 0.2) is 0 Å². The van der Waals surface area contributed by atoms with E-state index >= 15 is 0 Å². The zero-order chi connectivity index (χ0) is 32.5. The number of nitrogens with one attached hydrogen (secondary N) is 4. The second-order valence-corrected chi connectivity index (χ2v) is 12.5. The first-order chi connectivity index (χ1) is 20.7. The summed E-state index contributed by atoms with van der Waals surface area (Å²) in [4.78, 5) is 51.5. The van der Waals surface area contributed by atoms with Crippen LogP contribution in [0, 0.1) is 24.7 Å². The molecule has 11 heteroatoms. The van der Waals surface area contributed by atoms with E-state index in [4.69, 9.17) is 5.73 Å². The van der Waals surface area contributed by atoms with Crippen LogP contribution in [0.25, 0.3) is 6.08 Å². The highest BCUT2D eigenvalue weighted by Gasteiger charge is 2.47. The number of allylic oxidation sites excluding steroid dienone is 1. The van der Waals surface area contributed by atoms with Crippen molar-refractivity contribution < 1.29 is 29.4 Å². The van der Waals surface area contributed by atoms with Crippen molar-refractivity contribution in [2.24, 2.45) is 23.5 Å². The Balaban J connectivity index is 1.75. The number of carboxylic acid groups (broad SMARTS) is 2. The molecule has 2 saturated heterocycles. The van der Waals surface area contributed by atoms with Gasteiger partial charge >= 0.3 is 11.9 Å². The number of aromatic amines is 1. The Morgan fingerprint density at radius 3 is 2.36 bits per heavy atom. The summed E-state index contributed by atoms with van der Waals surface area (Å²) in [6, 6.07) is -0.619. The standard InChI is InChI=1S/C33H45N5O6/c1-7-19-18(5)31(43)38-26(19)15-28-33(6,34)22(10-12-30(41)42)27(36-28)14-25-21(9-11-29(39)40)17(4)23(35-25)13-24-16(3)20(8-2)32(44)37-24/h8,14-15,18-19,22,24,28,35-36H,2,7,9-13,34H2,1,3-6H3,(H,37,44)(H,38,43)(H,39,40)(H,41,42)/b26-15-,27-14-/t18-,19-,22?,24-,28?,33-/m1/s1. The first-order valence-electron chi connectivity index (χ1n) is 15.3. The fourth-order valence-electron chi connectivity index (χ4n) is 6.93. The zero-order valence-corrected chi connectivity index (χ0v) is 26.2. The van der Waals surface area contributed by atoms with Crippen LogP contribution in [-0.4, -0.2) is 56.6 Å². The van der Waals surface area contributed by atoms with Crippen molar-refractivity contribution in [3.05, 3.63) is 63.8 Å². The van der Waals surface area contributed by atoms with Gasteiger partial charge in [-0.1, -0.05) is 26.5 Å². The third-order valence-electron chi connectivity index (χ3n) is 9.75. The molecule has 2 fully saturated rings. The summed E-state index contributed by atoms with van der Waals surface area (Å²) < 4.78 is 0.